The molecule has 0 spiro atoms. The highest BCUT2D eigenvalue weighted by atomic mass is 16.5. The molecule has 0 saturated carbocycles. The van der Waals surface area contributed by atoms with Gasteiger partial charge < -0.3 is 25.2 Å². The van der Waals surface area contributed by atoms with Crippen LogP contribution in [-0.2, 0) is 9.53 Å². The van der Waals surface area contributed by atoms with Gasteiger partial charge in [-0.25, -0.2) is 4.98 Å². The topological polar surface area (TPSA) is 104 Å². The Labute approximate surface area is 205 Å². The third-order valence-electron chi connectivity index (χ3n) is 6.49. The lowest BCUT2D eigenvalue weighted by molar-refractivity contribution is -0.149. The monoisotopic (exact) mass is 479 g/mol. The smallest absolute Gasteiger partial charge is 0.309 e. The molecule has 1 aromatic carbocycles. The number of nitrogens with one attached hydrogen (secondary N) is 2. The molecule has 2 saturated heterocycles. The summed E-state index contributed by atoms with van der Waals surface area (Å²) in [6.07, 6.45) is 2.75. The summed E-state index contributed by atoms with van der Waals surface area (Å²) in [5, 5.41) is 6.19. The SMILES string of the molecule is CCOC(=O)C1CCN(C(=O)c2cc(NC(=O)c3ccc(C)cc3)cnc2N2CCNCC2)CC1. The number of benzene rings is 1. The Kier molecular flexibility index (Phi) is 7.97. The van der Waals surface area contributed by atoms with Crippen molar-refractivity contribution in [1.29, 1.82) is 0 Å². The highest BCUT2D eigenvalue weighted by molar-refractivity contribution is 6.06. The van der Waals surface area contributed by atoms with Crippen LogP contribution in [0.2, 0.25) is 0 Å². The number of carbonyl (C=O) groups excluding carboxylic acids is 3. The summed E-state index contributed by atoms with van der Waals surface area (Å²) < 4.78 is 5.15. The van der Waals surface area contributed by atoms with Gasteiger partial charge in [0.15, 0.2) is 0 Å². The zero-order chi connectivity index (χ0) is 24.8. The number of hydrogen-bond acceptors (Lipinski definition) is 7. The molecule has 0 radical (unpaired) electrons. The number of piperazine rings is 1. The number of amides is 2. The number of nitrogens with zero attached hydrogens (tertiary/aromatic N) is 3. The van der Waals surface area contributed by atoms with E-state index in [4.69, 9.17) is 4.74 Å². The van der Waals surface area contributed by atoms with Crippen LogP contribution in [0.5, 0.6) is 0 Å². The number of aryl methyl sites for hydroxylation is 1. The number of ether oxygens (including phenoxy) is 1. The van der Waals surface area contributed by atoms with Crippen LogP contribution in [0.1, 0.15) is 46.0 Å². The summed E-state index contributed by atoms with van der Waals surface area (Å²) in [5.74, 6) is -0.138. The van der Waals surface area contributed by atoms with Gasteiger partial charge in [0.05, 0.1) is 30.0 Å². The van der Waals surface area contributed by atoms with Crippen LogP contribution in [0.15, 0.2) is 36.5 Å². The van der Waals surface area contributed by atoms with Crippen LogP contribution in [0.25, 0.3) is 0 Å². The van der Waals surface area contributed by atoms with Crippen LogP contribution < -0.4 is 15.5 Å². The predicted octanol–water partition coefficient (Wildman–Crippen LogP) is 2.47. The average Bonchev–Trinajstić information content (AvgIpc) is 2.89. The van der Waals surface area contributed by atoms with Gasteiger partial charge in [-0.2, -0.15) is 0 Å². The molecule has 3 heterocycles. The standard InChI is InChI=1S/C26H33N5O4/c1-3-35-26(34)20-8-12-31(13-9-20)25(33)22-16-21(17-28-23(22)30-14-10-27-11-15-30)29-24(32)19-6-4-18(2)5-7-19/h4-7,16-17,20,27H,3,8-15H2,1-2H3,(H,29,32). The lowest BCUT2D eigenvalue weighted by atomic mass is 9.96. The summed E-state index contributed by atoms with van der Waals surface area (Å²) in [4.78, 5) is 47.0. The van der Waals surface area contributed by atoms with Gasteiger partial charge in [0, 0.05) is 44.8 Å². The van der Waals surface area contributed by atoms with Crippen molar-refractivity contribution in [2.45, 2.75) is 26.7 Å². The molecule has 9 nitrogen and oxygen atoms in total. The Morgan fingerprint density at radius 2 is 1.77 bits per heavy atom. The molecule has 1 aromatic heterocycles. The molecule has 0 unspecified atom stereocenters. The van der Waals surface area contributed by atoms with E-state index in [0.717, 1.165) is 31.7 Å². The molecule has 2 amide bonds. The van der Waals surface area contributed by atoms with Gasteiger partial charge in [-0.1, -0.05) is 17.7 Å². The first kappa shape index (κ1) is 24.7. The van der Waals surface area contributed by atoms with Crippen molar-refractivity contribution in [3.05, 3.63) is 53.2 Å². The van der Waals surface area contributed by atoms with Crippen molar-refractivity contribution in [3.8, 4) is 0 Å². The minimum atomic E-state index is -0.254. The van der Waals surface area contributed by atoms with Gasteiger partial charge in [-0.3, -0.25) is 14.4 Å². The second-order valence-corrected chi connectivity index (χ2v) is 8.97. The Morgan fingerprint density at radius 3 is 2.43 bits per heavy atom. The maximum atomic E-state index is 13.6. The number of aromatic nitrogens is 1. The van der Waals surface area contributed by atoms with E-state index in [1.807, 2.05) is 19.1 Å². The fourth-order valence-electron chi connectivity index (χ4n) is 4.47. The lowest BCUT2D eigenvalue weighted by Crippen LogP contribution is -2.45. The third-order valence-corrected chi connectivity index (χ3v) is 6.49. The molecule has 2 aliphatic heterocycles. The molecule has 35 heavy (non-hydrogen) atoms. The first-order chi connectivity index (χ1) is 17.0. The number of hydrogen-bond donors (Lipinski definition) is 2. The molecular weight excluding hydrogens is 446 g/mol. The predicted molar refractivity (Wildman–Crippen MR) is 134 cm³/mol. The van der Waals surface area contributed by atoms with E-state index in [-0.39, 0.29) is 23.7 Å². The maximum Gasteiger partial charge on any atom is 0.309 e. The molecule has 2 aliphatic rings. The van der Waals surface area contributed by atoms with Crippen molar-refractivity contribution in [3.63, 3.8) is 0 Å². The van der Waals surface area contributed by atoms with Crippen molar-refractivity contribution in [2.24, 2.45) is 5.92 Å². The molecule has 2 fully saturated rings. The summed E-state index contributed by atoms with van der Waals surface area (Å²) in [6, 6.07) is 9.03. The van der Waals surface area contributed by atoms with E-state index >= 15 is 0 Å². The Hall–Kier alpha value is -3.46. The van der Waals surface area contributed by atoms with E-state index in [9.17, 15) is 14.4 Å². The van der Waals surface area contributed by atoms with E-state index in [2.05, 4.69) is 20.5 Å². The number of anilines is 2. The summed E-state index contributed by atoms with van der Waals surface area (Å²) in [7, 11) is 0. The second kappa shape index (κ2) is 11.3. The zero-order valence-corrected chi connectivity index (χ0v) is 20.4. The number of piperidine rings is 1. The van der Waals surface area contributed by atoms with Gasteiger partial charge in [-0.15, -0.1) is 0 Å². The molecule has 2 N–H and O–H groups in total. The van der Waals surface area contributed by atoms with Gasteiger partial charge in [-0.05, 0) is 44.9 Å². The fraction of sp³-hybridized carbons (Fsp3) is 0.462. The summed E-state index contributed by atoms with van der Waals surface area (Å²) >= 11 is 0. The van der Waals surface area contributed by atoms with Crippen LogP contribution >= 0.6 is 0 Å². The highest BCUT2D eigenvalue weighted by Crippen LogP contribution is 2.27. The van der Waals surface area contributed by atoms with Crippen molar-refractivity contribution >= 4 is 29.3 Å². The third kappa shape index (κ3) is 5.97. The van der Waals surface area contributed by atoms with Gasteiger partial charge in [0.2, 0.25) is 0 Å². The summed E-state index contributed by atoms with van der Waals surface area (Å²) in [5.41, 5.74) is 2.54. The van der Waals surface area contributed by atoms with Gasteiger partial charge >= 0.3 is 5.97 Å². The number of likely N-dealkylation sites (tertiary alicyclic amines) is 1. The maximum absolute atomic E-state index is 13.6. The van der Waals surface area contributed by atoms with Gasteiger partial charge in [0.25, 0.3) is 11.8 Å². The molecule has 9 heteroatoms. The fourth-order valence-corrected chi connectivity index (χ4v) is 4.47. The molecule has 2 aromatic rings. The van der Waals surface area contributed by atoms with E-state index in [0.29, 0.717) is 55.2 Å². The average molecular weight is 480 g/mol. The Morgan fingerprint density at radius 1 is 1.09 bits per heavy atom. The molecule has 186 valence electrons. The van der Waals surface area contributed by atoms with Crippen molar-refractivity contribution in [1.82, 2.24) is 15.2 Å². The normalized spacial score (nSPS) is 16.6. The van der Waals surface area contributed by atoms with Crippen LogP contribution in [0.3, 0.4) is 0 Å². The minimum Gasteiger partial charge on any atom is -0.466 e. The lowest BCUT2D eigenvalue weighted by Gasteiger charge is -2.33. The van der Waals surface area contributed by atoms with E-state index in [1.54, 1.807) is 36.2 Å². The summed E-state index contributed by atoms with van der Waals surface area (Å²) in [6.45, 7) is 8.18. The van der Waals surface area contributed by atoms with Crippen LogP contribution in [0.4, 0.5) is 11.5 Å². The highest BCUT2D eigenvalue weighted by Gasteiger charge is 2.31. The molecule has 0 bridgehead atoms. The Balaban J connectivity index is 1.54. The number of pyridine rings is 1. The number of carbonyl (C=O) groups is 3. The van der Waals surface area contributed by atoms with E-state index < -0.39 is 0 Å². The first-order valence-electron chi connectivity index (χ1n) is 12.3. The number of rotatable bonds is 6. The quantitative estimate of drug-likeness (QED) is 0.614. The molecule has 0 atom stereocenters. The van der Waals surface area contributed by atoms with Crippen LogP contribution in [-0.4, -0.2) is 73.5 Å². The largest absolute Gasteiger partial charge is 0.466 e. The van der Waals surface area contributed by atoms with Gasteiger partial charge in [0.1, 0.15) is 5.82 Å². The number of esters is 1. The van der Waals surface area contributed by atoms with Crippen molar-refractivity contribution < 1.29 is 19.1 Å². The molecule has 4 rings (SSSR count). The zero-order valence-electron chi connectivity index (χ0n) is 20.4. The van der Waals surface area contributed by atoms with Crippen molar-refractivity contribution in [2.75, 3.05) is 56.1 Å². The Bertz CT molecular complexity index is 1060. The minimum absolute atomic E-state index is 0.139. The second-order valence-electron chi connectivity index (χ2n) is 8.97. The first-order valence-corrected chi connectivity index (χ1v) is 12.3. The molecule has 0 aliphatic carbocycles. The van der Waals surface area contributed by atoms with E-state index in [1.165, 1.54) is 0 Å². The van der Waals surface area contributed by atoms with Crippen LogP contribution in [0, 0.1) is 12.8 Å². The molecular formula is C26H33N5O4.